The average molecular weight is 340 g/mol. The van der Waals surface area contributed by atoms with Gasteiger partial charge in [-0.2, -0.15) is 0 Å². The summed E-state index contributed by atoms with van der Waals surface area (Å²) in [6, 6.07) is 17.6. The molecule has 0 heterocycles. The van der Waals surface area contributed by atoms with Crippen molar-refractivity contribution >= 4 is 17.3 Å². The molecule has 0 unspecified atom stereocenters. The summed E-state index contributed by atoms with van der Waals surface area (Å²) >= 11 is 0. The van der Waals surface area contributed by atoms with Crippen LogP contribution < -0.4 is 15.0 Å². The lowest BCUT2D eigenvalue weighted by molar-refractivity contribution is -0.116. The van der Waals surface area contributed by atoms with Gasteiger partial charge in [-0.15, -0.1) is 0 Å². The number of amides is 1. The fourth-order valence-electron chi connectivity index (χ4n) is 2.67. The molecule has 0 aromatic heterocycles. The van der Waals surface area contributed by atoms with Crippen molar-refractivity contribution in [1.82, 2.24) is 0 Å². The van der Waals surface area contributed by atoms with Crippen molar-refractivity contribution in [2.45, 2.75) is 33.1 Å². The van der Waals surface area contributed by atoms with Gasteiger partial charge in [-0.05, 0) is 49.2 Å². The summed E-state index contributed by atoms with van der Waals surface area (Å²) in [5.74, 6) is 0.745. The van der Waals surface area contributed by atoms with E-state index in [0.29, 0.717) is 13.0 Å². The number of benzene rings is 2. The molecular formula is C21H28N2O2. The molecule has 0 saturated heterocycles. The molecule has 0 spiro atoms. The molecule has 4 nitrogen and oxygen atoms in total. The molecule has 0 radical (unpaired) electrons. The predicted molar refractivity (Wildman–Crippen MR) is 104 cm³/mol. The van der Waals surface area contributed by atoms with Gasteiger partial charge in [0, 0.05) is 24.5 Å². The highest BCUT2D eigenvalue weighted by molar-refractivity contribution is 5.90. The molecule has 25 heavy (non-hydrogen) atoms. The lowest BCUT2D eigenvalue weighted by Gasteiger charge is -2.24. The number of nitrogens with zero attached hydrogens (tertiary/aromatic N) is 1. The van der Waals surface area contributed by atoms with Gasteiger partial charge in [0.1, 0.15) is 5.75 Å². The summed E-state index contributed by atoms with van der Waals surface area (Å²) in [4.78, 5) is 14.4. The lowest BCUT2D eigenvalue weighted by Crippen LogP contribution is -2.24. The zero-order valence-electron chi connectivity index (χ0n) is 15.2. The Kier molecular flexibility index (Phi) is 7.83. The number of para-hydroxylation sites is 1. The summed E-state index contributed by atoms with van der Waals surface area (Å²) in [5.41, 5.74) is 2.02. The van der Waals surface area contributed by atoms with Crippen LogP contribution in [0, 0.1) is 0 Å². The van der Waals surface area contributed by atoms with Crippen molar-refractivity contribution in [3.8, 4) is 5.75 Å². The highest BCUT2D eigenvalue weighted by Gasteiger charge is 2.06. The maximum absolute atomic E-state index is 12.0. The molecule has 0 aliphatic carbocycles. The smallest absolute Gasteiger partial charge is 0.227 e. The van der Waals surface area contributed by atoms with E-state index in [4.69, 9.17) is 4.74 Å². The molecule has 0 saturated carbocycles. The standard InChI is InChI=1S/C21H28N2O2/c1-3-15-23(16-4-2)19-12-10-18(11-13-19)22-21(24)14-17-25-20-8-6-5-7-9-20/h5-13H,3-4,14-17H2,1-2H3,(H,22,24). The summed E-state index contributed by atoms with van der Waals surface area (Å²) in [7, 11) is 0. The first-order valence-electron chi connectivity index (χ1n) is 9.05. The van der Waals surface area contributed by atoms with Crippen LogP contribution in [0.2, 0.25) is 0 Å². The third-order valence-electron chi connectivity index (χ3n) is 3.84. The van der Waals surface area contributed by atoms with Gasteiger partial charge in [-0.1, -0.05) is 32.0 Å². The second-order valence-electron chi connectivity index (χ2n) is 5.99. The topological polar surface area (TPSA) is 41.6 Å². The highest BCUT2D eigenvalue weighted by Crippen LogP contribution is 2.19. The number of hydrogen-bond donors (Lipinski definition) is 1. The van der Waals surface area contributed by atoms with Crippen molar-refractivity contribution in [3.05, 3.63) is 54.6 Å². The first kappa shape index (κ1) is 18.8. The zero-order chi connectivity index (χ0) is 17.9. The van der Waals surface area contributed by atoms with Crippen molar-refractivity contribution in [2.24, 2.45) is 0 Å². The van der Waals surface area contributed by atoms with Crippen molar-refractivity contribution in [1.29, 1.82) is 0 Å². The van der Waals surface area contributed by atoms with Crippen LogP contribution in [0.4, 0.5) is 11.4 Å². The second kappa shape index (κ2) is 10.4. The number of hydrogen-bond acceptors (Lipinski definition) is 3. The van der Waals surface area contributed by atoms with Gasteiger partial charge in [0.2, 0.25) is 5.91 Å². The molecule has 0 aliphatic rings. The third kappa shape index (κ3) is 6.49. The Morgan fingerprint density at radius 3 is 2.20 bits per heavy atom. The Morgan fingerprint density at radius 2 is 1.60 bits per heavy atom. The van der Waals surface area contributed by atoms with Gasteiger partial charge in [0.15, 0.2) is 0 Å². The van der Waals surface area contributed by atoms with Gasteiger partial charge < -0.3 is 15.0 Å². The first-order valence-corrected chi connectivity index (χ1v) is 9.05. The monoisotopic (exact) mass is 340 g/mol. The molecule has 0 atom stereocenters. The molecule has 0 bridgehead atoms. The normalized spacial score (nSPS) is 10.3. The van der Waals surface area contributed by atoms with E-state index in [1.54, 1.807) is 0 Å². The maximum Gasteiger partial charge on any atom is 0.227 e. The van der Waals surface area contributed by atoms with Crippen LogP contribution in [-0.2, 0) is 4.79 Å². The number of carbonyl (C=O) groups excluding carboxylic acids is 1. The molecule has 134 valence electrons. The van der Waals surface area contributed by atoms with Crippen molar-refractivity contribution in [2.75, 3.05) is 29.9 Å². The Bertz CT molecular complexity index is 620. The minimum Gasteiger partial charge on any atom is -0.493 e. The lowest BCUT2D eigenvalue weighted by atomic mass is 10.2. The number of carbonyl (C=O) groups is 1. The van der Waals surface area contributed by atoms with E-state index in [1.807, 2.05) is 42.5 Å². The van der Waals surface area contributed by atoms with E-state index in [0.717, 1.165) is 37.4 Å². The Morgan fingerprint density at radius 1 is 0.960 bits per heavy atom. The molecular weight excluding hydrogens is 312 g/mol. The van der Waals surface area contributed by atoms with Gasteiger partial charge in [-0.3, -0.25) is 4.79 Å². The molecule has 4 heteroatoms. The van der Waals surface area contributed by atoms with Gasteiger partial charge in [0.05, 0.1) is 13.0 Å². The van der Waals surface area contributed by atoms with E-state index in [-0.39, 0.29) is 5.91 Å². The summed E-state index contributed by atoms with van der Waals surface area (Å²) < 4.78 is 5.55. The molecule has 2 aromatic rings. The van der Waals surface area contributed by atoms with Crippen LogP contribution in [0.5, 0.6) is 5.75 Å². The maximum atomic E-state index is 12.0. The van der Waals surface area contributed by atoms with E-state index >= 15 is 0 Å². The Hall–Kier alpha value is -2.49. The van der Waals surface area contributed by atoms with Crippen LogP contribution >= 0.6 is 0 Å². The van der Waals surface area contributed by atoms with E-state index < -0.39 is 0 Å². The molecule has 2 aromatic carbocycles. The van der Waals surface area contributed by atoms with Crippen LogP contribution in [0.25, 0.3) is 0 Å². The highest BCUT2D eigenvalue weighted by atomic mass is 16.5. The predicted octanol–water partition coefficient (Wildman–Crippen LogP) is 4.72. The van der Waals surface area contributed by atoms with Crippen molar-refractivity contribution in [3.63, 3.8) is 0 Å². The van der Waals surface area contributed by atoms with Crippen LogP contribution in [0.15, 0.2) is 54.6 Å². The Labute approximate surface area is 150 Å². The summed E-state index contributed by atoms with van der Waals surface area (Å²) in [5, 5.41) is 2.92. The molecule has 1 amide bonds. The van der Waals surface area contributed by atoms with Crippen LogP contribution in [-0.4, -0.2) is 25.6 Å². The van der Waals surface area contributed by atoms with Crippen LogP contribution in [0.3, 0.4) is 0 Å². The second-order valence-corrected chi connectivity index (χ2v) is 5.99. The zero-order valence-corrected chi connectivity index (χ0v) is 15.2. The first-order chi connectivity index (χ1) is 12.2. The SMILES string of the molecule is CCCN(CCC)c1ccc(NC(=O)CCOc2ccccc2)cc1. The average Bonchev–Trinajstić information content (AvgIpc) is 2.63. The van der Waals surface area contributed by atoms with Gasteiger partial charge in [0.25, 0.3) is 0 Å². The summed E-state index contributed by atoms with van der Waals surface area (Å²) in [6.45, 7) is 6.85. The summed E-state index contributed by atoms with van der Waals surface area (Å²) in [6.07, 6.45) is 2.58. The quantitative estimate of drug-likeness (QED) is 0.680. The van der Waals surface area contributed by atoms with Crippen LogP contribution in [0.1, 0.15) is 33.1 Å². The van der Waals surface area contributed by atoms with E-state index in [9.17, 15) is 4.79 Å². The van der Waals surface area contributed by atoms with Crippen molar-refractivity contribution < 1.29 is 9.53 Å². The minimum absolute atomic E-state index is 0.0392. The minimum atomic E-state index is -0.0392. The molecule has 0 fully saturated rings. The third-order valence-corrected chi connectivity index (χ3v) is 3.84. The molecule has 2 rings (SSSR count). The van der Waals surface area contributed by atoms with E-state index in [2.05, 4.69) is 36.2 Å². The number of anilines is 2. The fourth-order valence-corrected chi connectivity index (χ4v) is 2.67. The fraction of sp³-hybridized carbons (Fsp3) is 0.381. The number of ether oxygens (including phenoxy) is 1. The van der Waals surface area contributed by atoms with E-state index in [1.165, 1.54) is 5.69 Å². The molecule has 0 aliphatic heterocycles. The molecule has 1 N–H and O–H groups in total. The largest absolute Gasteiger partial charge is 0.493 e. The number of rotatable bonds is 10. The van der Waals surface area contributed by atoms with Gasteiger partial charge >= 0.3 is 0 Å². The Balaban J connectivity index is 1.80. The number of nitrogens with one attached hydrogen (secondary N) is 1. The van der Waals surface area contributed by atoms with Gasteiger partial charge in [-0.25, -0.2) is 0 Å².